The molecule has 1 saturated carbocycles. The van der Waals surface area contributed by atoms with E-state index in [9.17, 15) is 9.59 Å². The molecule has 0 unspecified atom stereocenters. The van der Waals surface area contributed by atoms with Crippen LogP contribution in [0.4, 0.5) is 5.69 Å². The van der Waals surface area contributed by atoms with Crippen LogP contribution in [0, 0.1) is 5.92 Å². The number of benzene rings is 1. The van der Waals surface area contributed by atoms with E-state index in [4.69, 9.17) is 5.11 Å². The molecule has 0 bridgehead atoms. The maximum absolute atomic E-state index is 12.1. The highest BCUT2D eigenvalue weighted by molar-refractivity contribution is 5.97. The minimum atomic E-state index is -0.916. The Hall–Kier alpha value is -1.84. The average Bonchev–Trinajstić information content (AvgIpc) is 3.05. The van der Waals surface area contributed by atoms with Crippen LogP contribution in [0.15, 0.2) is 18.2 Å². The second-order valence-electron chi connectivity index (χ2n) is 5.09. The fourth-order valence-electron chi connectivity index (χ4n) is 2.47. The van der Waals surface area contributed by atoms with E-state index in [-0.39, 0.29) is 5.91 Å². The molecule has 4 heteroatoms. The summed E-state index contributed by atoms with van der Waals surface area (Å²) >= 11 is 0. The third-order valence-electron chi connectivity index (χ3n) is 3.68. The fourth-order valence-corrected chi connectivity index (χ4v) is 2.47. The Bertz CT molecular complexity index is 520. The van der Waals surface area contributed by atoms with E-state index in [1.54, 1.807) is 23.1 Å². The monoisotopic (exact) mass is 245 g/mol. The van der Waals surface area contributed by atoms with Crippen LogP contribution in [0.3, 0.4) is 0 Å². The predicted octanol–water partition coefficient (Wildman–Crippen LogP) is 2.07. The lowest BCUT2D eigenvalue weighted by atomic mass is 10.1. The molecule has 3 rings (SSSR count). The topological polar surface area (TPSA) is 57.6 Å². The zero-order chi connectivity index (χ0) is 12.7. The quantitative estimate of drug-likeness (QED) is 0.886. The molecule has 1 amide bonds. The summed E-state index contributed by atoms with van der Waals surface area (Å²) in [6, 6.07) is 5.02. The van der Waals surface area contributed by atoms with Gasteiger partial charge in [-0.25, -0.2) is 4.79 Å². The highest BCUT2D eigenvalue weighted by Gasteiger charge is 2.30. The van der Waals surface area contributed by atoms with Gasteiger partial charge in [0, 0.05) is 18.7 Å². The van der Waals surface area contributed by atoms with Gasteiger partial charge in [-0.3, -0.25) is 4.79 Å². The van der Waals surface area contributed by atoms with Crippen LogP contribution in [0.2, 0.25) is 0 Å². The molecule has 1 N–H and O–H groups in total. The first-order chi connectivity index (χ1) is 8.65. The van der Waals surface area contributed by atoms with Gasteiger partial charge in [0.05, 0.1) is 5.56 Å². The van der Waals surface area contributed by atoms with Gasteiger partial charge in [-0.05, 0) is 48.9 Å². The van der Waals surface area contributed by atoms with Gasteiger partial charge in [-0.2, -0.15) is 0 Å². The molecule has 1 fully saturated rings. The van der Waals surface area contributed by atoms with Crippen molar-refractivity contribution in [3.05, 3.63) is 29.3 Å². The molecular weight excluding hydrogens is 230 g/mol. The summed E-state index contributed by atoms with van der Waals surface area (Å²) in [5, 5.41) is 8.94. The standard InChI is InChI=1S/C14H15NO3/c16-13(7-9-1-2-9)15-6-5-10-8-11(14(17)18)3-4-12(10)15/h3-4,8-9H,1-2,5-7H2,(H,17,18). The summed E-state index contributed by atoms with van der Waals surface area (Å²) in [6.45, 7) is 0.684. The van der Waals surface area contributed by atoms with Crippen molar-refractivity contribution in [3.8, 4) is 0 Å². The summed E-state index contributed by atoms with van der Waals surface area (Å²) in [4.78, 5) is 24.8. The second kappa shape index (κ2) is 4.12. The summed E-state index contributed by atoms with van der Waals surface area (Å²) in [7, 11) is 0. The Morgan fingerprint density at radius 1 is 1.33 bits per heavy atom. The number of fused-ring (bicyclic) bond motifs is 1. The minimum Gasteiger partial charge on any atom is -0.478 e. The van der Waals surface area contributed by atoms with E-state index in [0.29, 0.717) is 24.4 Å². The highest BCUT2D eigenvalue weighted by atomic mass is 16.4. The summed E-state index contributed by atoms with van der Waals surface area (Å²) in [5.41, 5.74) is 2.16. The van der Waals surface area contributed by atoms with Crippen molar-refractivity contribution >= 4 is 17.6 Å². The number of aromatic carboxylic acids is 1. The molecule has 0 radical (unpaired) electrons. The molecule has 1 aromatic carbocycles. The van der Waals surface area contributed by atoms with Crippen LogP contribution >= 0.6 is 0 Å². The van der Waals surface area contributed by atoms with Gasteiger partial charge in [-0.1, -0.05) is 0 Å². The number of nitrogens with zero attached hydrogens (tertiary/aromatic N) is 1. The van der Waals surface area contributed by atoms with Crippen molar-refractivity contribution in [3.63, 3.8) is 0 Å². The molecule has 0 spiro atoms. The molecule has 0 aromatic heterocycles. The molecule has 2 aliphatic rings. The lowest BCUT2D eigenvalue weighted by Gasteiger charge is -2.17. The number of carbonyl (C=O) groups is 2. The average molecular weight is 245 g/mol. The van der Waals surface area contributed by atoms with Crippen molar-refractivity contribution in [2.45, 2.75) is 25.7 Å². The zero-order valence-electron chi connectivity index (χ0n) is 10.1. The summed E-state index contributed by atoms with van der Waals surface area (Å²) in [6.07, 6.45) is 3.74. The van der Waals surface area contributed by atoms with Crippen LogP contribution < -0.4 is 4.90 Å². The highest BCUT2D eigenvalue weighted by Crippen LogP contribution is 2.35. The molecule has 1 heterocycles. The van der Waals surface area contributed by atoms with E-state index < -0.39 is 5.97 Å². The first-order valence-electron chi connectivity index (χ1n) is 6.32. The Kier molecular flexibility index (Phi) is 2.58. The van der Waals surface area contributed by atoms with Gasteiger partial charge in [0.15, 0.2) is 0 Å². The molecule has 1 aliphatic heterocycles. The van der Waals surface area contributed by atoms with E-state index in [1.165, 1.54) is 12.8 Å². The lowest BCUT2D eigenvalue weighted by Crippen LogP contribution is -2.28. The molecule has 18 heavy (non-hydrogen) atoms. The van der Waals surface area contributed by atoms with Crippen molar-refractivity contribution in [1.82, 2.24) is 0 Å². The SMILES string of the molecule is O=C(O)c1ccc2c(c1)CCN2C(=O)CC1CC1. The fraction of sp³-hybridized carbons (Fsp3) is 0.429. The van der Waals surface area contributed by atoms with Crippen LogP contribution in [0.5, 0.6) is 0 Å². The van der Waals surface area contributed by atoms with Crippen molar-refractivity contribution in [2.24, 2.45) is 5.92 Å². The Morgan fingerprint density at radius 2 is 2.11 bits per heavy atom. The minimum absolute atomic E-state index is 0.180. The predicted molar refractivity (Wildman–Crippen MR) is 66.8 cm³/mol. The van der Waals surface area contributed by atoms with Crippen molar-refractivity contribution in [2.75, 3.05) is 11.4 Å². The Labute approximate surface area is 105 Å². The molecule has 0 saturated heterocycles. The third kappa shape index (κ3) is 1.98. The maximum Gasteiger partial charge on any atom is 0.335 e. The maximum atomic E-state index is 12.1. The van der Waals surface area contributed by atoms with Gasteiger partial charge in [-0.15, -0.1) is 0 Å². The van der Waals surface area contributed by atoms with Crippen LogP contribution in [-0.2, 0) is 11.2 Å². The molecule has 0 atom stereocenters. The van der Waals surface area contributed by atoms with Crippen LogP contribution in [0.25, 0.3) is 0 Å². The molecular formula is C14H15NO3. The smallest absolute Gasteiger partial charge is 0.335 e. The van der Waals surface area contributed by atoms with E-state index in [0.717, 1.165) is 17.7 Å². The van der Waals surface area contributed by atoms with Crippen molar-refractivity contribution < 1.29 is 14.7 Å². The largest absolute Gasteiger partial charge is 0.478 e. The number of amides is 1. The number of carbonyl (C=O) groups excluding carboxylic acids is 1. The Morgan fingerprint density at radius 3 is 2.78 bits per heavy atom. The first-order valence-corrected chi connectivity index (χ1v) is 6.32. The molecule has 1 aromatic rings. The number of carboxylic acid groups (broad SMARTS) is 1. The van der Waals surface area contributed by atoms with Gasteiger partial charge in [0.1, 0.15) is 0 Å². The van der Waals surface area contributed by atoms with Gasteiger partial charge in [0.25, 0.3) is 0 Å². The van der Waals surface area contributed by atoms with E-state index >= 15 is 0 Å². The van der Waals surface area contributed by atoms with Gasteiger partial charge >= 0.3 is 5.97 Å². The van der Waals surface area contributed by atoms with Gasteiger partial charge in [0.2, 0.25) is 5.91 Å². The van der Waals surface area contributed by atoms with E-state index in [2.05, 4.69) is 0 Å². The molecule has 4 nitrogen and oxygen atoms in total. The van der Waals surface area contributed by atoms with Crippen molar-refractivity contribution in [1.29, 1.82) is 0 Å². The molecule has 1 aliphatic carbocycles. The summed E-state index contributed by atoms with van der Waals surface area (Å²) in [5.74, 6) is -0.153. The van der Waals surface area contributed by atoms with Crippen LogP contribution in [0.1, 0.15) is 35.2 Å². The zero-order valence-corrected chi connectivity index (χ0v) is 10.1. The number of carboxylic acids is 1. The first kappa shape index (κ1) is 11.3. The number of hydrogen-bond donors (Lipinski definition) is 1. The lowest BCUT2D eigenvalue weighted by molar-refractivity contribution is -0.118. The number of anilines is 1. The number of hydrogen-bond acceptors (Lipinski definition) is 2. The molecule has 94 valence electrons. The normalized spacial score (nSPS) is 17.7. The summed E-state index contributed by atoms with van der Waals surface area (Å²) < 4.78 is 0. The third-order valence-corrected chi connectivity index (χ3v) is 3.68. The Balaban J connectivity index is 1.82. The van der Waals surface area contributed by atoms with Crippen LogP contribution in [-0.4, -0.2) is 23.5 Å². The van der Waals surface area contributed by atoms with E-state index in [1.807, 2.05) is 0 Å². The second-order valence-corrected chi connectivity index (χ2v) is 5.09. The van der Waals surface area contributed by atoms with Gasteiger partial charge < -0.3 is 10.0 Å². The number of rotatable bonds is 3.